The average molecular weight is 391 g/mol. The van der Waals surface area contributed by atoms with E-state index in [4.69, 9.17) is 4.74 Å². The van der Waals surface area contributed by atoms with Gasteiger partial charge in [-0.1, -0.05) is 18.2 Å². The summed E-state index contributed by atoms with van der Waals surface area (Å²) in [6, 6.07) is 14.5. The highest BCUT2D eigenvalue weighted by Crippen LogP contribution is 2.27. The predicted molar refractivity (Wildman–Crippen MR) is 112 cm³/mol. The maximum Gasteiger partial charge on any atom is 0.267 e. The fourth-order valence-electron chi connectivity index (χ4n) is 2.93. The summed E-state index contributed by atoms with van der Waals surface area (Å²) in [5.41, 5.74) is 0.847. The van der Waals surface area contributed by atoms with Crippen molar-refractivity contribution in [3.8, 4) is 16.8 Å². The van der Waals surface area contributed by atoms with Crippen LogP contribution in [-0.2, 0) is 0 Å². The van der Waals surface area contributed by atoms with Crippen LogP contribution in [0.5, 0.6) is 11.6 Å². The second kappa shape index (κ2) is 7.66. The molecule has 4 rings (SSSR count). The molecule has 0 unspecified atom stereocenters. The quantitative estimate of drug-likeness (QED) is 0.515. The third kappa shape index (κ3) is 3.27. The molecule has 0 atom stereocenters. The van der Waals surface area contributed by atoms with Gasteiger partial charge in [0.15, 0.2) is 5.13 Å². The minimum absolute atomic E-state index is 0.187. The number of aromatic hydroxyl groups is 1. The zero-order valence-corrected chi connectivity index (χ0v) is 15.9. The van der Waals surface area contributed by atoms with Gasteiger partial charge in [-0.3, -0.25) is 9.79 Å². The maximum absolute atomic E-state index is 12.9. The number of hydrogen-bond acceptors (Lipinski definition) is 6. The standard InChI is InChI=1S/C21H17N3O3S/c1-2-27-15-9-7-14(8-10-15)23-13-18-16-5-3-4-6-17(16)19(25)24(20(18)26)21-22-11-12-28-21/h3-13,26H,2H2,1H3. The Hall–Kier alpha value is -3.45. The lowest BCUT2D eigenvalue weighted by atomic mass is 10.1. The minimum Gasteiger partial charge on any atom is -0.494 e. The molecule has 0 saturated heterocycles. The molecule has 0 saturated carbocycles. The summed E-state index contributed by atoms with van der Waals surface area (Å²) in [6.07, 6.45) is 3.16. The first-order chi connectivity index (χ1) is 13.7. The number of aromatic nitrogens is 2. The van der Waals surface area contributed by atoms with Crippen LogP contribution < -0.4 is 10.3 Å². The highest BCUT2D eigenvalue weighted by molar-refractivity contribution is 7.12. The molecule has 2 aromatic carbocycles. The molecule has 2 heterocycles. The Kier molecular flexibility index (Phi) is 4.90. The Morgan fingerprint density at radius 2 is 1.93 bits per heavy atom. The van der Waals surface area contributed by atoms with Crippen LogP contribution in [-0.4, -0.2) is 27.5 Å². The van der Waals surface area contributed by atoms with E-state index in [1.54, 1.807) is 36.0 Å². The smallest absolute Gasteiger partial charge is 0.267 e. The lowest BCUT2D eigenvalue weighted by molar-refractivity contribution is 0.340. The van der Waals surface area contributed by atoms with Crippen LogP contribution in [0.4, 0.5) is 5.69 Å². The van der Waals surface area contributed by atoms with E-state index in [2.05, 4.69) is 9.98 Å². The van der Waals surface area contributed by atoms with Crippen LogP contribution in [0.15, 0.2) is 69.9 Å². The molecule has 0 fully saturated rings. The molecule has 0 radical (unpaired) electrons. The second-order valence-electron chi connectivity index (χ2n) is 5.92. The average Bonchev–Trinajstić information content (AvgIpc) is 3.24. The molecule has 0 spiro atoms. The van der Waals surface area contributed by atoms with Gasteiger partial charge in [-0.05, 0) is 37.3 Å². The molecule has 0 aliphatic rings. The zero-order chi connectivity index (χ0) is 19.5. The van der Waals surface area contributed by atoms with E-state index in [1.807, 2.05) is 37.3 Å². The van der Waals surface area contributed by atoms with E-state index in [0.29, 0.717) is 33.8 Å². The van der Waals surface area contributed by atoms with Crippen molar-refractivity contribution in [3.05, 3.63) is 76.0 Å². The van der Waals surface area contributed by atoms with Gasteiger partial charge in [0.2, 0.25) is 5.88 Å². The Bertz CT molecular complexity index is 1200. The van der Waals surface area contributed by atoms with Gasteiger partial charge in [-0.25, -0.2) is 9.55 Å². The Morgan fingerprint density at radius 3 is 2.61 bits per heavy atom. The van der Waals surface area contributed by atoms with Crippen LogP contribution in [0.1, 0.15) is 12.5 Å². The SMILES string of the molecule is CCOc1ccc(N=Cc2c(O)n(-c3nccs3)c(=O)c3ccccc23)cc1. The van der Waals surface area contributed by atoms with Crippen molar-refractivity contribution in [1.29, 1.82) is 0 Å². The van der Waals surface area contributed by atoms with Crippen LogP contribution in [0.2, 0.25) is 0 Å². The first-order valence-electron chi connectivity index (χ1n) is 8.72. The van der Waals surface area contributed by atoms with Gasteiger partial charge >= 0.3 is 0 Å². The van der Waals surface area contributed by atoms with Gasteiger partial charge in [0.05, 0.1) is 17.9 Å². The van der Waals surface area contributed by atoms with Crippen molar-refractivity contribution in [1.82, 2.24) is 9.55 Å². The Balaban J connectivity index is 1.85. The van der Waals surface area contributed by atoms with Crippen LogP contribution in [0.3, 0.4) is 0 Å². The van der Waals surface area contributed by atoms with E-state index in [-0.39, 0.29) is 11.4 Å². The number of rotatable bonds is 5. The van der Waals surface area contributed by atoms with Gasteiger partial charge in [-0.2, -0.15) is 0 Å². The monoisotopic (exact) mass is 391 g/mol. The Morgan fingerprint density at radius 1 is 1.18 bits per heavy atom. The van der Waals surface area contributed by atoms with Crippen LogP contribution in [0.25, 0.3) is 15.9 Å². The number of pyridine rings is 1. The highest BCUT2D eigenvalue weighted by Gasteiger charge is 2.17. The summed E-state index contributed by atoms with van der Waals surface area (Å²) in [5.74, 6) is 0.584. The summed E-state index contributed by atoms with van der Waals surface area (Å²) < 4.78 is 6.65. The fourth-order valence-corrected chi connectivity index (χ4v) is 3.57. The first kappa shape index (κ1) is 17.9. The van der Waals surface area contributed by atoms with Gasteiger partial charge in [0.1, 0.15) is 5.75 Å². The molecule has 0 aliphatic carbocycles. The van der Waals surface area contributed by atoms with E-state index >= 15 is 0 Å². The van der Waals surface area contributed by atoms with E-state index in [1.165, 1.54) is 15.9 Å². The van der Waals surface area contributed by atoms with Gasteiger partial charge in [0, 0.05) is 28.6 Å². The van der Waals surface area contributed by atoms with Crippen molar-refractivity contribution < 1.29 is 9.84 Å². The lowest BCUT2D eigenvalue weighted by Gasteiger charge is -2.11. The largest absolute Gasteiger partial charge is 0.494 e. The summed E-state index contributed by atoms with van der Waals surface area (Å²) >= 11 is 1.28. The normalized spacial score (nSPS) is 11.3. The van der Waals surface area contributed by atoms with Crippen molar-refractivity contribution in [2.75, 3.05) is 6.61 Å². The second-order valence-corrected chi connectivity index (χ2v) is 6.80. The molecular weight excluding hydrogens is 374 g/mol. The first-order valence-corrected chi connectivity index (χ1v) is 9.60. The third-order valence-corrected chi connectivity index (χ3v) is 4.96. The maximum atomic E-state index is 12.9. The molecule has 1 N–H and O–H groups in total. The molecule has 2 aromatic heterocycles. The molecule has 140 valence electrons. The summed E-state index contributed by atoms with van der Waals surface area (Å²) in [5, 5.41) is 14.1. The van der Waals surface area contributed by atoms with Crippen molar-refractivity contribution in [3.63, 3.8) is 0 Å². The van der Waals surface area contributed by atoms with Crippen molar-refractivity contribution in [2.24, 2.45) is 4.99 Å². The molecular formula is C21H17N3O3S. The van der Waals surface area contributed by atoms with Gasteiger partial charge < -0.3 is 9.84 Å². The molecule has 0 aliphatic heterocycles. The number of hydrogen-bond donors (Lipinski definition) is 1. The van der Waals surface area contributed by atoms with Crippen molar-refractivity contribution in [2.45, 2.75) is 6.92 Å². The van der Waals surface area contributed by atoms with Gasteiger partial charge in [-0.15, -0.1) is 11.3 Å². The predicted octanol–water partition coefficient (Wildman–Crippen LogP) is 4.30. The minimum atomic E-state index is -0.318. The number of aliphatic imine (C=N–C) groups is 1. The molecule has 7 heteroatoms. The molecule has 28 heavy (non-hydrogen) atoms. The van der Waals surface area contributed by atoms with E-state index < -0.39 is 0 Å². The Labute approximate surface area is 165 Å². The number of benzene rings is 2. The number of thiazole rings is 1. The summed E-state index contributed by atoms with van der Waals surface area (Å²) in [4.78, 5) is 21.5. The summed E-state index contributed by atoms with van der Waals surface area (Å²) in [7, 11) is 0. The molecule has 4 aromatic rings. The van der Waals surface area contributed by atoms with Crippen molar-refractivity contribution >= 4 is 34.0 Å². The number of nitrogens with zero attached hydrogens (tertiary/aromatic N) is 3. The highest BCUT2D eigenvalue weighted by atomic mass is 32.1. The lowest BCUT2D eigenvalue weighted by Crippen LogP contribution is -2.19. The summed E-state index contributed by atoms with van der Waals surface area (Å²) in [6.45, 7) is 2.53. The third-order valence-electron chi connectivity index (χ3n) is 4.20. The number of ether oxygens (including phenoxy) is 1. The zero-order valence-electron chi connectivity index (χ0n) is 15.1. The topological polar surface area (TPSA) is 76.7 Å². The van der Waals surface area contributed by atoms with E-state index in [9.17, 15) is 9.90 Å². The molecule has 6 nitrogen and oxygen atoms in total. The van der Waals surface area contributed by atoms with Crippen LogP contribution in [0, 0.1) is 0 Å². The van der Waals surface area contributed by atoms with Crippen LogP contribution >= 0.6 is 11.3 Å². The molecule has 0 bridgehead atoms. The number of fused-ring (bicyclic) bond motifs is 1. The fraction of sp³-hybridized carbons (Fsp3) is 0.0952. The molecule has 0 amide bonds. The van der Waals surface area contributed by atoms with Gasteiger partial charge in [0.25, 0.3) is 5.56 Å². The van der Waals surface area contributed by atoms with E-state index in [0.717, 1.165) is 5.75 Å².